The standard InChI is InChI=1S/C21H27N5O4S/c1-16-14-26(15-17(2)30-16)31(28,29)25-10-8-24(9-11-25)21(27)19-12-22-20(23-13-19)18-6-4-3-5-7-18/h3-7,12-13,16-17H,8-11,14-15H2,1-2H3. The molecule has 4 rings (SSSR count). The predicted octanol–water partition coefficient (Wildman–Crippen LogP) is 1.26. The molecule has 0 radical (unpaired) electrons. The molecule has 2 aliphatic rings. The quantitative estimate of drug-likeness (QED) is 0.703. The van der Waals surface area contributed by atoms with Crippen molar-refractivity contribution >= 4 is 16.1 Å². The molecule has 2 aromatic rings. The maximum absolute atomic E-state index is 13.0. The van der Waals surface area contributed by atoms with Crippen LogP contribution in [0, 0.1) is 0 Å². The minimum Gasteiger partial charge on any atom is -0.373 e. The van der Waals surface area contributed by atoms with E-state index in [1.165, 1.54) is 21.0 Å². The van der Waals surface area contributed by atoms with Gasteiger partial charge in [0.2, 0.25) is 0 Å². The molecule has 0 spiro atoms. The molecule has 3 heterocycles. The molecule has 2 atom stereocenters. The van der Waals surface area contributed by atoms with Crippen LogP contribution in [0.25, 0.3) is 11.4 Å². The Kier molecular flexibility index (Phi) is 6.33. The molecule has 0 bridgehead atoms. The Morgan fingerprint density at radius 1 is 0.935 bits per heavy atom. The van der Waals surface area contributed by atoms with Crippen LogP contribution in [0.15, 0.2) is 42.7 Å². The third kappa shape index (κ3) is 4.77. The number of hydrogen-bond acceptors (Lipinski definition) is 6. The number of nitrogens with zero attached hydrogens (tertiary/aromatic N) is 5. The van der Waals surface area contributed by atoms with Crippen molar-refractivity contribution in [2.24, 2.45) is 0 Å². The summed E-state index contributed by atoms with van der Waals surface area (Å²) in [5.41, 5.74) is 1.28. The van der Waals surface area contributed by atoms with Crippen LogP contribution in [0.3, 0.4) is 0 Å². The molecule has 166 valence electrons. The molecule has 2 saturated heterocycles. The van der Waals surface area contributed by atoms with E-state index in [1.807, 2.05) is 44.2 Å². The lowest BCUT2D eigenvalue weighted by Gasteiger charge is -2.40. The first-order chi connectivity index (χ1) is 14.8. The molecule has 0 saturated carbocycles. The molecule has 10 heteroatoms. The summed E-state index contributed by atoms with van der Waals surface area (Å²) < 4.78 is 34.6. The molecule has 1 aromatic carbocycles. The normalized spacial score (nSPS) is 23.6. The van der Waals surface area contributed by atoms with Crippen LogP contribution in [0.5, 0.6) is 0 Å². The van der Waals surface area contributed by atoms with Gasteiger partial charge >= 0.3 is 0 Å². The zero-order valence-corrected chi connectivity index (χ0v) is 18.5. The van der Waals surface area contributed by atoms with Gasteiger partial charge in [-0.3, -0.25) is 4.79 Å². The first kappa shape index (κ1) is 21.8. The summed E-state index contributed by atoms with van der Waals surface area (Å²) in [7, 11) is -3.58. The number of amides is 1. The van der Waals surface area contributed by atoms with Crippen molar-refractivity contribution in [1.29, 1.82) is 0 Å². The second kappa shape index (κ2) is 8.99. The molecule has 2 aliphatic heterocycles. The van der Waals surface area contributed by atoms with Gasteiger partial charge in [0.15, 0.2) is 5.82 Å². The van der Waals surface area contributed by atoms with Crippen molar-refractivity contribution in [2.45, 2.75) is 26.1 Å². The van der Waals surface area contributed by atoms with Gasteiger partial charge < -0.3 is 9.64 Å². The van der Waals surface area contributed by atoms with Crippen molar-refractivity contribution in [3.05, 3.63) is 48.3 Å². The number of ether oxygens (including phenoxy) is 1. The molecule has 0 N–H and O–H groups in total. The second-order valence-corrected chi connectivity index (χ2v) is 9.86. The zero-order chi connectivity index (χ0) is 22.0. The summed E-state index contributed by atoms with van der Waals surface area (Å²) in [5, 5.41) is 0. The van der Waals surface area contributed by atoms with Crippen LogP contribution in [-0.2, 0) is 14.9 Å². The predicted molar refractivity (Wildman–Crippen MR) is 115 cm³/mol. The molecular formula is C21H27N5O4S. The number of aromatic nitrogens is 2. The van der Waals surface area contributed by atoms with Gasteiger partial charge in [0.05, 0.1) is 17.8 Å². The van der Waals surface area contributed by atoms with Crippen molar-refractivity contribution in [1.82, 2.24) is 23.5 Å². The largest absolute Gasteiger partial charge is 0.373 e. The lowest BCUT2D eigenvalue weighted by molar-refractivity contribution is -0.0457. The fraction of sp³-hybridized carbons (Fsp3) is 0.476. The van der Waals surface area contributed by atoms with E-state index >= 15 is 0 Å². The molecule has 1 amide bonds. The molecule has 0 aliphatic carbocycles. The number of rotatable bonds is 4. The highest BCUT2D eigenvalue weighted by Gasteiger charge is 2.37. The number of benzene rings is 1. The highest BCUT2D eigenvalue weighted by molar-refractivity contribution is 7.86. The first-order valence-electron chi connectivity index (χ1n) is 10.4. The number of hydrogen-bond donors (Lipinski definition) is 0. The molecule has 2 fully saturated rings. The zero-order valence-electron chi connectivity index (χ0n) is 17.7. The van der Waals surface area contributed by atoms with Crippen LogP contribution < -0.4 is 0 Å². The lowest BCUT2D eigenvalue weighted by atomic mass is 10.2. The Hall–Kier alpha value is -2.40. The van der Waals surface area contributed by atoms with Crippen LogP contribution in [0.2, 0.25) is 0 Å². The van der Waals surface area contributed by atoms with E-state index in [9.17, 15) is 13.2 Å². The van der Waals surface area contributed by atoms with Gasteiger partial charge in [-0.25, -0.2) is 9.97 Å². The summed E-state index contributed by atoms with van der Waals surface area (Å²) in [5.74, 6) is 0.368. The van der Waals surface area contributed by atoms with Gasteiger partial charge in [-0.05, 0) is 13.8 Å². The Morgan fingerprint density at radius 2 is 1.52 bits per heavy atom. The second-order valence-electron chi connectivity index (χ2n) is 7.93. The van der Waals surface area contributed by atoms with Gasteiger partial charge in [-0.1, -0.05) is 30.3 Å². The molecular weight excluding hydrogens is 418 g/mol. The van der Waals surface area contributed by atoms with Gasteiger partial charge in [0, 0.05) is 57.2 Å². The van der Waals surface area contributed by atoms with E-state index in [1.54, 1.807) is 4.90 Å². The van der Waals surface area contributed by atoms with Gasteiger partial charge in [-0.2, -0.15) is 17.0 Å². The van der Waals surface area contributed by atoms with E-state index in [4.69, 9.17) is 4.74 Å². The molecule has 1 aromatic heterocycles. The highest BCUT2D eigenvalue weighted by atomic mass is 32.2. The van der Waals surface area contributed by atoms with Crippen LogP contribution in [0.1, 0.15) is 24.2 Å². The van der Waals surface area contributed by atoms with Crippen LogP contribution in [-0.4, -0.2) is 89.3 Å². The third-order valence-electron chi connectivity index (χ3n) is 5.50. The highest BCUT2D eigenvalue weighted by Crippen LogP contribution is 2.20. The van der Waals surface area contributed by atoms with Crippen molar-refractivity contribution in [2.75, 3.05) is 39.3 Å². The smallest absolute Gasteiger partial charge is 0.282 e. The summed E-state index contributed by atoms with van der Waals surface area (Å²) in [6, 6.07) is 9.55. The number of piperazine rings is 1. The molecule has 9 nitrogen and oxygen atoms in total. The van der Waals surface area contributed by atoms with Gasteiger partial charge in [0.1, 0.15) is 0 Å². The monoisotopic (exact) mass is 445 g/mol. The van der Waals surface area contributed by atoms with E-state index < -0.39 is 10.2 Å². The van der Waals surface area contributed by atoms with E-state index in [-0.39, 0.29) is 31.2 Å². The lowest BCUT2D eigenvalue weighted by Crippen LogP contribution is -2.57. The van der Waals surface area contributed by atoms with Crippen molar-refractivity contribution in [3.63, 3.8) is 0 Å². The van der Waals surface area contributed by atoms with E-state index in [0.29, 0.717) is 37.6 Å². The van der Waals surface area contributed by atoms with Gasteiger partial charge in [-0.15, -0.1) is 0 Å². The van der Waals surface area contributed by atoms with Crippen molar-refractivity contribution in [3.8, 4) is 11.4 Å². The molecule has 2 unspecified atom stereocenters. The Labute approximate surface area is 182 Å². The number of morpholine rings is 1. The summed E-state index contributed by atoms with van der Waals surface area (Å²) in [4.78, 5) is 23.1. The number of carbonyl (C=O) groups excluding carboxylic acids is 1. The first-order valence-corrected chi connectivity index (χ1v) is 11.8. The van der Waals surface area contributed by atoms with Gasteiger partial charge in [0.25, 0.3) is 16.1 Å². The Balaban J connectivity index is 1.37. The summed E-state index contributed by atoms with van der Waals surface area (Å²) in [6.07, 6.45) is 2.77. The third-order valence-corrected chi connectivity index (χ3v) is 7.46. The maximum atomic E-state index is 13.0. The average Bonchev–Trinajstić information content (AvgIpc) is 2.79. The van der Waals surface area contributed by atoms with Crippen LogP contribution in [0.4, 0.5) is 0 Å². The fourth-order valence-electron chi connectivity index (χ4n) is 3.96. The van der Waals surface area contributed by atoms with E-state index in [2.05, 4.69) is 9.97 Å². The minimum absolute atomic E-state index is 0.139. The van der Waals surface area contributed by atoms with E-state index in [0.717, 1.165) is 5.56 Å². The summed E-state index contributed by atoms with van der Waals surface area (Å²) in [6.45, 7) is 5.61. The minimum atomic E-state index is -3.58. The topological polar surface area (TPSA) is 95.9 Å². The Morgan fingerprint density at radius 3 is 2.10 bits per heavy atom. The summed E-state index contributed by atoms with van der Waals surface area (Å²) >= 11 is 0. The van der Waals surface area contributed by atoms with Crippen molar-refractivity contribution < 1.29 is 17.9 Å². The van der Waals surface area contributed by atoms with Crippen LogP contribution >= 0.6 is 0 Å². The average molecular weight is 446 g/mol. The fourth-order valence-corrected chi connectivity index (χ4v) is 5.71. The Bertz CT molecular complexity index is 998. The molecule has 31 heavy (non-hydrogen) atoms. The maximum Gasteiger partial charge on any atom is 0.282 e. The SMILES string of the molecule is CC1CN(S(=O)(=O)N2CCN(C(=O)c3cnc(-c4ccccc4)nc3)CC2)CC(C)O1. The number of carbonyl (C=O) groups is 1.